The number of carbonyl (C=O) groups excluding carboxylic acids is 1. The van der Waals surface area contributed by atoms with Crippen molar-refractivity contribution >= 4 is 5.91 Å². The SMILES string of the molecule is CNC1CCC(NC(=O)CC2CCN(C)C2)CC1. The zero-order valence-electron chi connectivity index (χ0n) is 11.7. The Hall–Kier alpha value is -0.610. The molecule has 2 fully saturated rings. The van der Waals surface area contributed by atoms with Crippen molar-refractivity contribution in [2.45, 2.75) is 50.6 Å². The van der Waals surface area contributed by atoms with Gasteiger partial charge in [0.2, 0.25) is 5.91 Å². The Morgan fingerprint density at radius 1 is 1.17 bits per heavy atom. The van der Waals surface area contributed by atoms with Crippen LogP contribution in [-0.2, 0) is 4.79 Å². The van der Waals surface area contributed by atoms with Crippen molar-refractivity contribution in [3.63, 3.8) is 0 Å². The second kappa shape index (κ2) is 6.53. The number of hydrogen-bond acceptors (Lipinski definition) is 3. The number of likely N-dealkylation sites (tertiary alicyclic amines) is 1. The number of carbonyl (C=O) groups is 1. The molecule has 1 aliphatic heterocycles. The summed E-state index contributed by atoms with van der Waals surface area (Å²) in [5.74, 6) is 0.840. The zero-order valence-corrected chi connectivity index (χ0v) is 11.7. The van der Waals surface area contributed by atoms with Crippen molar-refractivity contribution in [3.05, 3.63) is 0 Å². The highest BCUT2D eigenvalue weighted by Gasteiger charge is 2.25. The fourth-order valence-electron chi connectivity index (χ4n) is 3.27. The lowest BCUT2D eigenvalue weighted by molar-refractivity contribution is -0.122. The molecule has 0 aromatic heterocycles. The molecule has 0 aromatic carbocycles. The third-order valence-electron chi connectivity index (χ3n) is 4.46. The van der Waals surface area contributed by atoms with E-state index in [1.54, 1.807) is 0 Å². The highest BCUT2D eigenvalue weighted by Crippen LogP contribution is 2.20. The van der Waals surface area contributed by atoms with Crippen LogP contribution < -0.4 is 10.6 Å². The summed E-state index contributed by atoms with van der Waals surface area (Å²) in [7, 11) is 4.16. The fourth-order valence-corrected chi connectivity index (χ4v) is 3.27. The lowest BCUT2D eigenvalue weighted by Gasteiger charge is -2.29. The topological polar surface area (TPSA) is 44.4 Å². The van der Waals surface area contributed by atoms with Crippen molar-refractivity contribution < 1.29 is 4.79 Å². The summed E-state index contributed by atoms with van der Waals surface area (Å²) >= 11 is 0. The molecule has 1 amide bonds. The summed E-state index contributed by atoms with van der Waals surface area (Å²) in [5.41, 5.74) is 0. The minimum atomic E-state index is 0.267. The van der Waals surface area contributed by atoms with Gasteiger partial charge in [0, 0.05) is 25.0 Å². The smallest absolute Gasteiger partial charge is 0.220 e. The molecule has 0 aromatic rings. The summed E-state index contributed by atoms with van der Waals surface area (Å²) in [5, 5.41) is 6.54. The van der Waals surface area contributed by atoms with Gasteiger partial charge in [0.25, 0.3) is 0 Å². The number of rotatable bonds is 4. The van der Waals surface area contributed by atoms with Crippen LogP contribution in [-0.4, -0.2) is 50.1 Å². The van der Waals surface area contributed by atoms with Crippen LogP contribution >= 0.6 is 0 Å². The number of nitrogens with one attached hydrogen (secondary N) is 2. The van der Waals surface area contributed by atoms with Gasteiger partial charge < -0.3 is 15.5 Å². The van der Waals surface area contributed by atoms with E-state index in [0.717, 1.165) is 32.4 Å². The normalized spacial score (nSPS) is 33.6. The molecule has 2 N–H and O–H groups in total. The molecular formula is C14H27N3O. The standard InChI is InChI=1S/C14H27N3O/c1-15-12-3-5-13(6-4-12)16-14(18)9-11-7-8-17(2)10-11/h11-13,15H,3-10H2,1-2H3,(H,16,18). The Balaban J connectivity index is 1.65. The van der Waals surface area contributed by atoms with Crippen molar-refractivity contribution in [3.8, 4) is 0 Å². The molecule has 0 bridgehead atoms. The van der Waals surface area contributed by atoms with Gasteiger partial charge in [0.15, 0.2) is 0 Å². The largest absolute Gasteiger partial charge is 0.353 e. The summed E-state index contributed by atoms with van der Waals surface area (Å²) in [4.78, 5) is 14.3. The maximum Gasteiger partial charge on any atom is 0.220 e. The highest BCUT2D eigenvalue weighted by molar-refractivity contribution is 5.76. The van der Waals surface area contributed by atoms with Gasteiger partial charge in [-0.15, -0.1) is 0 Å². The number of hydrogen-bond donors (Lipinski definition) is 2. The maximum atomic E-state index is 12.0. The van der Waals surface area contributed by atoms with Crippen LogP contribution in [0.15, 0.2) is 0 Å². The Labute approximate surface area is 110 Å². The molecule has 104 valence electrons. The van der Waals surface area contributed by atoms with E-state index in [1.165, 1.54) is 19.3 Å². The first kappa shape index (κ1) is 13.8. The molecule has 1 heterocycles. The number of nitrogens with zero attached hydrogens (tertiary/aromatic N) is 1. The predicted octanol–water partition coefficient (Wildman–Crippen LogP) is 0.975. The first-order valence-electron chi connectivity index (χ1n) is 7.32. The predicted molar refractivity (Wildman–Crippen MR) is 73.5 cm³/mol. The molecule has 1 saturated heterocycles. The van der Waals surface area contributed by atoms with Crippen LogP contribution in [0.2, 0.25) is 0 Å². The van der Waals surface area contributed by atoms with E-state index >= 15 is 0 Å². The van der Waals surface area contributed by atoms with E-state index in [9.17, 15) is 4.79 Å². The Morgan fingerprint density at radius 2 is 1.83 bits per heavy atom. The molecule has 1 atom stereocenters. The average Bonchev–Trinajstić information content (AvgIpc) is 2.75. The lowest BCUT2D eigenvalue weighted by Crippen LogP contribution is -2.41. The van der Waals surface area contributed by atoms with E-state index in [1.807, 2.05) is 7.05 Å². The third-order valence-corrected chi connectivity index (χ3v) is 4.46. The first-order valence-corrected chi connectivity index (χ1v) is 7.32. The summed E-state index contributed by atoms with van der Waals surface area (Å²) in [6.45, 7) is 2.23. The van der Waals surface area contributed by atoms with Gasteiger partial charge in [-0.1, -0.05) is 0 Å². The molecule has 1 saturated carbocycles. The lowest BCUT2D eigenvalue weighted by atomic mass is 9.91. The minimum Gasteiger partial charge on any atom is -0.353 e. The summed E-state index contributed by atoms with van der Waals surface area (Å²) in [6.07, 6.45) is 6.53. The number of amides is 1. The molecule has 0 radical (unpaired) electrons. The average molecular weight is 253 g/mol. The van der Waals surface area contributed by atoms with Crippen molar-refractivity contribution in [2.75, 3.05) is 27.2 Å². The van der Waals surface area contributed by atoms with Crippen LogP contribution in [0.3, 0.4) is 0 Å². The van der Waals surface area contributed by atoms with Gasteiger partial charge in [0.05, 0.1) is 0 Å². The molecule has 4 nitrogen and oxygen atoms in total. The van der Waals surface area contributed by atoms with Crippen LogP contribution in [0, 0.1) is 5.92 Å². The Morgan fingerprint density at radius 3 is 2.39 bits per heavy atom. The summed E-state index contributed by atoms with van der Waals surface area (Å²) in [6, 6.07) is 1.07. The van der Waals surface area contributed by atoms with E-state index in [-0.39, 0.29) is 5.91 Å². The van der Waals surface area contributed by atoms with Crippen LogP contribution in [0.4, 0.5) is 0 Å². The molecule has 0 spiro atoms. The third kappa shape index (κ3) is 3.95. The maximum absolute atomic E-state index is 12.0. The van der Waals surface area contributed by atoms with E-state index in [4.69, 9.17) is 0 Å². The van der Waals surface area contributed by atoms with Gasteiger partial charge in [0.1, 0.15) is 0 Å². The second-order valence-electron chi connectivity index (χ2n) is 6.03. The molecule has 1 aliphatic carbocycles. The van der Waals surface area contributed by atoms with Gasteiger partial charge >= 0.3 is 0 Å². The van der Waals surface area contributed by atoms with E-state index in [2.05, 4.69) is 22.6 Å². The zero-order chi connectivity index (χ0) is 13.0. The van der Waals surface area contributed by atoms with E-state index in [0.29, 0.717) is 18.0 Å². The van der Waals surface area contributed by atoms with Crippen molar-refractivity contribution in [1.82, 2.24) is 15.5 Å². The van der Waals surface area contributed by atoms with Gasteiger partial charge in [-0.05, 0) is 58.7 Å². The second-order valence-corrected chi connectivity index (χ2v) is 6.03. The molecule has 18 heavy (non-hydrogen) atoms. The molecule has 2 rings (SSSR count). The summed E-state index contributed by atoms with van der Waals surface area (Å²) < 4.78 is 0. The Bertz CT molecular complexity index is 274. The molecule has 4 heteroatoms. The van der Waals surface area contributed by atoms with E-state index < -0.39 is 0 Å². The van der Waals surface area contributed by atoms with Crippen LogP contribution in [0.25, 0.3) is 0 Å². The molecule has 1 unspecified atom stereocenters. The molecule has 2 aliphatic rings. The molecular weight excluding hydrogens is 226 g/mol. The highest BCUT2D eigenvalue weighted by atomic mass is 16.1. The van der Waals surface area contributed by atoms with Gasteiger partial charge in [-0.2, -0.15) is 0 Å². The minimum absolute atomic E-state index is 0.267. The quantitative estimate of drug-likeness (QED) is 0.785. The Kier molecular flexibility index (Phi) is 5.01. The van der Waals surface area contributed by atoms with Crippen LogP contribution in [0.1, 0.15) is 38.5 Å². The van der Waals surface area contributed by atoms with Crippen molar-refractivity contribution in [2.24, 2.45) is 5.92 Å². The fraction of sp³-hybridized carbons (Fsp3) is 0.929. The van der Waals surface area contributed by atoms with Gasteiger partial charge in [-0.3, -0.25) is 4.79 Å². The van der Waals surface area contributed by atoms with Crippen LogP contribution in [0.5, 0.6) is 0 Å². The van der Waals surface area contributed by atoms with Crippen molar-refractivity contribution in [1.29, 1.82) is 0 Å². The van der Waals surface area contributed by atoms with Gasteiger partial charge in [-0.25, -0.2) is 0 Å². The monoisotopic (exact) mass is 253 g/mol. The first-order chi connectivity index (χ1) is 8.67.